The molecule has 1 aromatic rings. The summed E-state index contributed by atoms with van der Waals surface area (Å²) in [5.74, 6) is 1.63. The Balaban J connectivity index is 1.63. The number of hydrogen-bond donors (Lipinski definition) is 1. The molecule has 2 aliphatic carbocycles. The van der Waals surface area contributed by atoms with Crippen LogP contribution < -0.4 is 5.32 Å². The normalized spacial score (nSPS) is 19.8. The van der Waals surface area contributed by atoms with Crippen LogP contribution in [0.2, 0.25) is 0 Å². The van der Waals surface area contributed by atoms with Gasteiger partial charge in [0.05, 0.1) is 11.8 Å². The maximum Gasteiger partial charge on any atom is 0.231 e. The zero-order chi connectivity index (χ0) is 18.4. The quantitative estimate of drug-likeness (QED) is 0.584. The van der Waals surface area contributed by atoms with E-state index in [9.17, 15) is 10.1 Å². The average Bonchev–Trinajstić information content (AvgIpc) is 3.29. The number of allylic oxidation sites excluding steroid dienone is 1. The molecule has 0 aromatic carbocycles. The number of carbonyl (C=O) groups excluding carboxylic acids is 1. The minimum atomic E-state index is -0.667. The van der Waals surface area contributed by atoms with Crippen molar-refractivity contribution in [1.29, 1.82) is 5.26 Å². The van der Waals surface area contributed by atoms with Crippen LogP contribution in [0.1, 0.15) is 69.5 Å². The molecule has 0 bridgehead atoms. The molecule has 0 unspecified atom stereocenters. The molecule has 0 radical (unpaired) electrons. The van der Waals surface area contributed by atoms with Crippen LogP contribution >= 0.6 is 11.8 Å². The summed E-state index contributed by atoms with van der Waals surface area (Å²) in [5.41, 5.74) is -0.667. The van der Waals surface area contributed by atoms with E-state index in [-0.39, 0.29) is 11.7 Å². The SMILES string of the molecule is C=CCn1c(SCC(=O)NC2(C#N)CCCC2)nnc1C1CCCCC1. The number of nitrogens with zero attached hydrogens (tertiary/aromatic N) is 4. The van der Waals surface area contributed by atoms with Crippen LogP contribution in [0.5, 0.6) is 0 Å². The Morgan fingerprint density at radius 2 is 2.04 bits per heavy atom. The first-order chi connectivity index (χ1) is 12.7. The Morgan fingerprint density at radius 3 is 2.69 bits per heavy atom. The fraction of sp³-hybridized carbons (Fsp3) is 0.684. The van der Waals surface area contributed by atoms with Gasteiger partial charge in [-0.2, -0.15) is 5.26 Å². The van der Waals surface area contributed by atoms with Crippen molar-refractivity contribution in [1.82, 2.24) is 20.1 Å². The Morgan fingerprint density at radius 1 is 1.31 bits per heavy atom. The van der Waals surface area contributed by atoms with E-state index < -0.39 is 5.54 Å². The van der Waals surface area contributed by atoms with Gasteiger partial charge in [-0.15, -0.1) is 16.8 Å². The third-order valence-corrected chi connectivity index (χ3v) is 6.38. The van der Waals surface area contributed by atoms with Gasteiger partial charge in [-0.25, -0.2) is 0 Å². The van der Waals surface area contributed by atoms with Gasteiger partial charge in [-0.3, -0.25) is 4.79 Å². The highest BCUT2D eigenvalue weighted by Gasteiger charge is 2.35. The molecule has 2 saturated carbocycles. The maximum atomic E-state index is 12.4. The van der Waals surface area contributed by atoms with Gasteiger partial charge in [0.25, 0.3) is 0 Å². The molecule has 2 aliphatic rings. The molecular formula is C19H27N5OS. The number of rotatable bonds is 7. The second-order valence-corrected chi connectivity index (χ2v) is 8.26. The Hall–Kier alpha value is -1.81. The highest BCUT2D eigenvalue weighted by molar-refractivity contribution is 7.99. The van der Waals surface area contributed by atoms with E-state index in [0.717, 1.165) is 49.5 Å². The molecule has 6 nitrogen and oxygen atoms in total. The summed E-state index contributed by atoms with van der Waals surface area (Å²) in [6.07, 6.45) is 11.4. The third-order valence-electron chi connectivity index (χ3n) is 5.41. The molecular weight excluding hydrogens is 346 g/mol. The van der Waals surface area contributed by atoms with Gasteiger partial charge in [0.1, 0.15) is 11.4 Å². The monoisotopic (exact) mass is 373 g/mol. The molecule has 1 aromatic heterocycles. The standard InChI is InChI=1S/C19H27N5OS/c1-2-12-24-17(15-8-4-3-5-9-15)22-23-18(24)26-13-16(25)21-19(14-20)10-6-7-11-19/h2,15H,1,3-13H2,(H,21,25). The zero-order valence-corrected chi connectivity index (χ0v) is 16.1. The lowest BCUT2D eigenvalue weighted by Crippen LogP contribution is -2.45. The Bertz CT molecular complexity index is 681. The van der Waals surface area contributed by atoms with Crippen LogP contribution in [0.25, 0.3) is 0 Å². The minimum absolute atomic E-state index is 0.106. The van der Waals surface area contributed by atoms with E-state index in [0.29, 0.717) is 12.5 Å². The van der Waals surface area contributed by atoms with Gasteiger partial charge >= 0.3 is 0 Å². The molecule has 0 spiro atoms. The lowest BCUT2D eigenvalue weighted by atomic mass is 9.89. The fourth-order valence-electron chi connectivity index (χ4n) is 4.05. The number of amides is 1. The van der Waals surface area contributed by atoms with Gasteiger partial charge in [0.15, 0.2) is 5.16 Å². The third kappa shape index (κ3) is 4.29. The topological polar surface area (TPSA) is 83.6 Å². The Kier molecular flexibility index (Phi) is 6.36. The molecule has 1 N–H and O–H groups in total. The second kappa shape index (κ2) is 8.72. The van der Waals surface area contributed by atoms with Crippen LogP contribution in [-0.2, 0) is 11.3 Å². The highest BCUT2D eigenvalue weighted by Crippen LogP contribution is 2.33. The molecule has 2 fully saturated rings. The van der Waals surface area contributed by atoms with Crippen LogP contribution in [-0.4, -0.2) is 32.0 Å². The lowest BCUT2D eigenvalue weighted by Gasteiger charge is -2.22. The average molecular weight is 374 g/mol. The molecule has 0 atom stereocenters. The molecule has 0 aliphatic heterocycles. The first-order valence-electron chi connectivity index (χ1n) is 9.56. The fourth-order valence-corrected chi connectivity index (χ4v) is 4.80. The Labute approximate surface area is 159 Å². The number of carbonyl (C=O) groups is 1. The summed E-state index contributed by atoms with van der Waals surface area (Å²) in [6.45, 7) is 4.50. The minimum Gasteiger partial charge on any atom is -0.337 e. The number of nitrogens with one attached hydrogen (secondary N) is 1. The van der Waals surface area contributed by atoms with E-state index in [1.807, 2.05) is 6.08 Å². The van der Waals surface area contributed by atoms with Gasteiger partial charge in [-0.1, -0.05) is 37.1 Å². The van der Waals surface area contributed by atoms with Crippen molar-refractivity contribution < 1.29 is 4.79 Å². The van der Waals surface area contributed by atoms with Crippen LogP contribution in [0.4, 0.5) is 0 Å². The van der Waals surface area contributed by atoms with Gasteiger partial charge in [-0.05, 0) is 38.5 Å². The summed E-state index contributed by atoms with van der Waals surface area (Å²) in [4.78, 5) is 12.4. The van der Waals surface area contributed by atoms with Gasteiger partial charge in [0.2, 0.25) is 5.91 Å². The smallest absolute Gasteiger partial charge is 0.231 e. The van der Waals surface area contributed by atoms with E-state index >= 15 is 0 Å². The molecule has 7 heteroatoms. The van der Waals surface area contributed by atoms with E-state index in [1.54, 1.807) is 0 Å². The predicted molar refractivity (Wildman–Crippen MR) is 102 cm³/mol. The molecule has 0 saturated heterocycles. The summed E-state index contributed by atoms with van der Waals surface area (Å²) in [6, 6.07) is 2.30. The van der Waals surface area contributed by atoms with Crippen molar-refractivity contribution in [3.63, 3.8) is 0 Å². The van der Waals surface area contributed by atoms with Crippen molar-refractivity contribution in [2.75, 3.05) is 5.75 Å². The summed E-state index contributed by atoms with van der Waals surface area (Å²) >= 11 is 1.39. The van der Waals surface area contributed by atoms with Crippen LogP contribution in [0.15, 0.2) is 17.8 Å². The molecule has 3 rings (SSSR count). The summed E-state index contributed by atoms with van der Waals surface area (Å²) in [7, 11) is 0. The van der Waals surface area contributed by atoms with E-state index in [2.05, 4.69) is 32.7 Å². The lowest BCUT2D eigenvalue weighted by molar-refractivity contribution is -0.119. The van der Waals surface area contributed by atoms with Crippen molar-refractivity contribution in [2.45, 2.75) is 80.9 Å². The predicted octanol–water partition coefficient (Wildman–Crippen LogP) is 3.56. The van der Waals surface area contributed by atoms with E-state index in [1.165, 1.54) is 31.0 Å². The van der Waals surface area contributed by atoms with Crippen LogP contribution in [0, 0.1) is 11.3 Å². The largest absolute Gasteiger partial charge is 0.337 e. The molecule has 1 amide bonds. The molecule has 26 heavy (non-hydrogen) atoms. The number of nitriles is 1. The number of hydrogen-bond acceptors (Lipinski definition) is 5. The van der Waals surface area contributed by atoms with Crippen LogP contribution in [0.3, 0.4) is 0 Å². The van der Waals surface area contributed by atoms with E-state index in [4.69, 9.17) is 0 Å². The first kappa shape index (κ1) is 19.0. The number of thioether (sulfide) groups is 1. The second-order valence-electron chi connectivity index (χ2n) is 7.31. The maximum absolute atomic E-state index is 12.4. The first-order valence-corrected chi connectivity index (χ1v) is 10.5. The van der Waals surface area contributed by atoms with Crippen molar-refractivity contribution >= 4 is 17.7 Å². The van der Waals surface area contributed by atoms with Gasteiger partial charge in [0, 0.05) is 12.5 Å². The summed E-state index contributed by atoms with van der Waals surface area (Å²) in [5, 5.41) is 21.9. The zero-order valence-electron chi connectivity index (χ0n) is 15.2. The molecule has 140 valence electrons. The van der Waals surface area contributed by atoms with Crippen molar-refractivity contribution in [2.24, 2.45) is 0 Å². The van der Waals surface area contributed by atoms with Crippen molar-refractivity contribution in [3.8, 4) is 6.07 Å². The van der Waals surface area contributed by atoms with Gasteiger partial charge < -0.3 is 9.88 Å². The highest BCUT2D eigenvalue weighted by atomic mass is 32.2. The molecule has 1 heterocycles. The summed E-state index contributed by atoms with van der Waals surface area (Å²) < 4.78 is 2.09. The number of aromatic nitrogens is 3. The van der Waals surface area contributed by atoms with Crippen molar-refractivity contribution in [3.05, 3.63) is 18.5 Å².